The van der Waals surface area contributed by atoms with Crippen LogP contribution in [-0.2, 0) is 11.0 Å². The minimum Gasteiger partial charge on any atom is -0.413 e. The van der Waals surface area contributed by atoms with Crippen molar-refractivity contribution in [3.63, 3.8) is 0 Å². The molecule has 1 aromatic carbocycles. The van der Waals surface area contributed by atoms with Gasteiger partial charge in [0.2, 0.25) is 0 Å². The average Bonchev–Trinajstić information content (AvgIpc) is 2.01. The molecule has 0 aliphatic carbocycles. The van der Waals surface area contributed by atoms with E-state index in [1.54, 1.807) is 12.1 Å². The van der Waals surface area contributed by atoms with Crippen molar-refractivity contribution < 1.29 is 8.82 Å². The van der Waals surface area contributed by atoms with Crippen molar-refractivity contribution in [2.75, 3.05) is 0 Å². The molecule has 0 heterocycles. The Morgan fingerprint density at radius 1 is 1.36 bits per heavy atom. The van der Waals surface area contributed by atoms with Gasteiger partial charge in [0.25, 0.3) is 0 Å². The van der Waals surface area contributed by atoms with Gasteiger partial charge >= 0.3 is 0 Å². The van der Waals surface area contributed by atoms with Crippen LogP contribution in [0.1, 0.15) is 5.56 Å². The zero-order chi connectivity index (χ0) is 10.8. The lowest BCUT2D eigenvalue weighted by Crippen LogP contribution is -2.25. The Labute approximate surface area is 90.0 Å². The summed E-state index contributed by atoms with van der Waals surface area (Å²) in [5.74, 6) is -0.296. The van der Waals surface area contributed by atoms with Crippen LogP contribution in [0.2, 0.25) is 24.7 Å². The zero-order valence-corrected chi connectivity index (χ0v) is 10.4. The maximum atomic E-state index is 13.3. The summed E-state index contributed by atoms with van der Waals surface area (Å²) in [5, 5.41) is 0.434. The van der Waals surface area contributed by atoms with Gasteiger partial charge in [0, 0.05) is 10.6 Å². The molecule has 0 unspecified atom stereocenters. The smallest absolute Gasteiger partial charge is 0.184 e. The number of rotatable bonds is 3. The van der Waals surface area contributed by atoms with Gasteiger partial charge in [0.15, 0.2) is 8.32 Å². The molecule has 1 aromatic rings. The molecule has 4 heteroatoms. The van der Waals surface area contributed by atoms with E-state index in [9.17, 15) is 4.39 Å². The monoisotopic (exact) mass is 232 g/mol. The fourth-order valence-corrected chi connectivity index (χ4v) is 1.75. The van der Waals surface area contributed by atoms with Crippen LogP contribution in [-0.4, -0.2) is 8.32 Å². The van der Waals surface area contributed by atoms with Gasteiger partial charge in [-0.15, -0.1) is 0 Å². The van der Waals surface area contributed by atoms with Gasteiger partial charge in [0.1, 0.15) is 5.82 Å². The Morgan fingerprint density at radius 2 is 2.00 bits per heavy atom. The van der Waals surface area contributed by atoms with E-state index < -0.39 is 8.32 Å². The van der Waals surface area contributed by atoms with Crippen LogP contribution < -0.4 is 0 Å². The molecule has 0 spiro atoms. The normalized spacial score (nSPS) is 11.8. The lowest BCUT2D eigenvalue weighted by molar-refractivity contribution is 0.293. The number of benzene rings is 1. The van der Waals surface area contributed by atoms with Crippen molar-refractivity contribution in [3.05, 3.63) is 34.6 Å². The first-order valence-electron chi connectivity index (χ1n) is 4.47. The lowest BCUT2D eigenvalue weighted by atomic mass is 10.2. The third-order valence-corrected chi connectivity index (χ3v) is 3.08. The highest BCUT2D eigenvalue weighted by atomic mass is 35.5. The summed E-state index contributed by atoms with van der Waals surface area (Å²) in [6, 6.07) is 4.66. The van der Waals surface area contributed by atoms with Crippen LogP contribution in [0, 0.1) is 5.82 Å². The van der Waals surface area contributed by atoms with Crippen molar-refractivity contribution in [3.8, 4) is 0 Å². The third-order valence-electron chi connectivity index (χ3n) is 1.71. The highest BCUT2D eigenvalue weighted by Gasteiger charge is 2.16. The van der Waals surface area contributed by atoms with Crippen LogP contribution in [0.3, 0.4) is 0 Å². The SMILES string of the molecule is C[Si](C)(C)OCc1c(F)cccc1Cl. The van der Waals surface area contributed by atoms with Gasteiger partial charge in [0.05, 0.1) is 6.61 Å². The second-order valence-electron chi connectivity index (χ2n) is 4.10. The summed E-state index contributed by atoms with van der Waals surface area (Å²) in [7, 11) is -1.61. The van der Waals surface area contributed by atoms with Crippen LogP contribution in [0.15, 0.2) is 18.2 Å². The quantitative estimate of drug-likeness (QED) is 0.720. The fraction of sp³-hybridized carbons (Fsp3) is 0.400. The van der Waals surface area contributed by atoms with Gasteiger partial charge in [-0.25, -0.2) is 4.39 Å². The van der Waals surface area contributed by atoms with Crippen molar-refractivity contribution in [2.45, 2.75) is 26.2 Å². The standard InChI is InChI=1S/C10H14ClFOSi/c1-14(2,3)13-7-8-9(11)5-4-6-10(8)12/h4-6H,7H2,1-3H3. The predicted molar refractivity (Wildman–Crippen MR) is 59.5 cm³/mol. The van der Waals surface area contributed by atoms with Crippen LogP contribution in [0.25, 0.3) is 0 Å². The molecule has 1 rings (SSSR count). The molecule has 0 aliphatic heterocycles. The van der Waals surface area contributed by atoms with Crippen molar-refractivity contribution in [1.82, 2.24) is 0 Å². The van der Waals surface area contributed by atoms with E-state index in [1.165, 1.54) is 6.07 Å². The summed E-state index contributed by atoms with van der Waals surface area (Å²) < 4.78 is 18.9. The van der Waals surface area contributed by atoms with Gasteiger partial charge in [-0.3, -0.25) is 0 Å². The predicted octanol–water partition coefficient (Wildman–Crippen LogP) is 3.83. The molecule has 0 saturated carbocycles. The van der Waals surface area contributed by atoms with Crippen molar-refractivity contribution in [2.24, 2.45) is 0 Å². The number of hydrogen-bond donors (Lipinski definition) is 0. The Balaban J connectivity index is 2.77. The molecule has 1 nitrogen and oxygen atoms in total. The zero-order valence-electron chi connectivity index (χ0n) is 8.60. The fourth-order valence-electron chi connectivity index (χ4n) is 0.959. The molecular formula is C10H14ClFOSi. The molecule has 14 heavy (non-hydrogen) atoms. The molecule has 78 valence electrons. The molecule has 0 fully saturated rings. The number of halogens is 2. The Bertz CT molecular complexity index is 302. The molecule has 0 bridgehead atoms. The largest absolute Gasteiger partial charge is 0.413 e. The second-order valence-corrected chi connectivity index (χ2v) is 9.02. The maximum Gasteiger partial charge on any atom is 0.184 e. The molecule has 0 radical (unpaired) electrons. The van der Waals surface area contributed by atoms with E-state index in [1.807, 2.05) is 0 Å². The molecule has 0 aromatic heterocycles. The average molecular weight is 233 g/mol. The van der Waals surface area contributed by atoms with Gasteiger partial charge < -0.3 is 4.43 Å². The van der Waals surface area contributed by atoms with E-state index >= 15 is 0 Å². The van der Waals surface area contributed by atoms with Crippen LogP contribution in [0.5, 0.6) is 0 Å². The van der Waals surface area contributed by atoms with Crippen molar-refractivity contribution >= 4 is 19.9 Å². The lowest BCUT2D eigenvalue weighted by Gasteiger charge is -2.17. The summed E-state index contributed by atoms with van der Waals surface area (Å²) in [6.45, 7) is 6.44. The maximum absolute atomic E-state index is 13.3. The molecule has 0 amide bonds. The highest BCUT2D eigenvalue weighted by molar-refractivity contribution is 6.69. The van der Waals surface area contributed by atoms with E-state index in [2.05, 4.69) is 19.6 Å². The minimum atomic E-state index is -1.61. The second kappa shape index (κ2) is 4.42. The van der Waals surface area contributed by atoms with Crippen LogP contribution >= 0.6 is 11.6 Å². The van der Waals surface area contributed by atoms with E-state index in [-0.39, 0.29) is 12.4 Å². The molecule has 0 aliphatic rings. The summed E-state index contributed by atoms with van der Waals surface area (Å²) in [5.41, 5.74) is 0.455. The molecule has 0 atom stereocenters. The topological polar surface area (TPSA) is 9.23 Å². The van der Waals surface area contributed by atoms with E-state index in [0.29, 0.717) is 10.6 Å². The van der Waals surface area contributed by atoms with Crippen LogP contribution in [0.4, 0.5) is 4.39 Å². The summed E-state index contributed by atoms with van der Waals surface area (Å²) in [6.07, 6.45) is 0. The summed E-state index contributed by atoms with van der Waals surface area (Å²) in [4.78, 5) is 0. The molecule has 0 N–H and O–H groups in total. The Kier molecular flexibility index (Phi) is 3.69. The Hall–Kier alpha value is -0.383. The molecular weight excluding hydrogens is 219 g/mol. The minimum absolute atomic E-state index is 0.265. The third kappa shape index (κ3) is 3.40. The first kappa shape index (κ1) is 11.7. The summed E-state index contributed by atoms with van der Waals surface area (Å²) >= 11 is 5.85. The van der Waals surface area contributed by atoms with Gasteiger partial charge in [-0.1, -0.05) is 17.7 Å². The van der Waals surface area contributed by atoms with Gasteiger partial charge in [-0.2, -0.15) is 0 Å². The van der Waals surface area contributed by atoms with Gasteiger partial charge in [-0.05, 0) is 31.8 Å². The van der Waals surface area contributed by atoms with Crippen molar-refractivity contribution in [1.29, 1.82) is 0 Å². The number of hydrogen-bond acceptors (Lipinski definition) is 1. The van der Waals surface area contributed by atoms with E-state index in [0.717, 1.165) is 0 Å². The Morgan fingerprint density at radius 3 is 2.50 bits per heavy atom. The molecule has 0 saturated heterocycles. The first-order chi connectivity index (χ1) is 6.40. The van der Waals surface area contributed by atoms with E-state index in [4.69, 9.17) is 16.0 Å². The first-order valence-corrected chi connectivity index (χ1v) is 8.25. The highest BCUT2D eigenvalue weighted by Crippen LogP contribution is 2.21.